The molecule has 0 amide bonds. The lowest BCUT2D eigenvalue weighted by Gasteiger charge is -2.05. The van der Waals surface area contributed by atoms with E-state index in [-0.39, 0.29) is 17.1 Å². The molecule has 0 aliphatic carbocycles. The lowest BCUT2D eigenvalue weighted by Crippen LogP contribution is -2.08. The zero-order valence-electron chi connectivity index (χ0n) is 8.22. The summed E-state index contributed by atoms with van der Waals surface area (Å²) in [6, 6.07) is 2.63. The van der Waals surface area contributed by atoms with Crippen molar-refractivity contribution in [2.24, 2.45) is 0 Å². The van der Waals surface area contributed by atoms with Crippen LogP contribution in [0.4, 0.5) is 10.1 Å². The smallest absolute Gasteiger partial charge is 0.310 e. The van der Waals surface area contributed by atoms with Crippen molar-refractivity contribution in [3.8, 4) is 0 Å². The Balaban J connectivity index is 2.83. The first kappa shape index (κ1) is 11.8. The van der Waals surface area contributed by atoms with E-state index in [0.717, 1.165) is 0 Å². The molecule has 0 spiro atoms. The van der Waals surface area contributed by atoms with E-state index in [1.807, 2.05) is 0 Å². The molecule has 0 radical (unpaired) electrons. The summed E-state index contributed by atoms with van der Waals surface area (Å²) in [7, 11) is 0. The van der Waals surface area contributed by atoms with Gasteiger partial charge in [-0.3, -0.25) is 4.79 Å². The highest BCUT2D eigenvalue weighted by atomic mass is 35.5. The molecular weight excluding hydrogens is 221 g/mol. The van der Waals surface area contributed by atoms with Gasteiger partial charge in [0.25, 0.3) is 0 Å². The molecule has 1 aromatic rings. The van der Waals surface area contributed by atoms with Crippen molar-refractivity contribution >= 4 is 23.3 Å². The van der Waals surface area contributed by atoms with Crippen LogP contribution in [0.5, 0.6) is 0 Å². The minimum atomic E-state index is -0.623. The van der Waals surface area contributed by atoms with Crippen LogP contribution in [0.3, 0.4) is 0 Å². The van der Waals surface area contributed by atoms with Crippen LogP contribution in [0.1, 0.15) is 12.5 Å². The van der Waals surface area contributed by atoms with Crippen LogP contribution in [0, 0.1) is 5.82 Å². The third-order valence-electron chi connectivity index (χ3n) is 1.79. The van der Waals surface area contributed by atoms with Crippen LogP contribution in [0.25, 0.3) is 0 Å². The van der Waals surface area contributed by atoms with Gasteiger partial charge in [0, 0.05) is 0 Å². The highest BCUT2D eigenvalue weighted by Crippen LogP contribution is 2.23. The third kappa shape index (κ3) is 3.09. The molecule has 82 valence electrons. The fraction of sp³-hybridized carbons (Fsp3) is 0.300. The van der Waals surface area contributed by atoms with Gasteiger partial charge in [-0.1, -0.05) is 11.6 Å². The molecule has 0 aliphatic rings. The summed E-state index contributed by atoms with van der Waals surface area (Å²) in [4.78, 5) is 11.1. The maximum absolute atomic E-state index is 13.1. The summed E-state index contributed by atoms with van der Waals surface area (Å²) in [5, 5.41) is 0.106. The molecule has 0 bridgehead atoms. The van der Waals surface area contributed by atoms with Gasteiger partial charge in [0.2, 0.25) is 0 Å². The maximum atomic E-state index is 13.1. The van der Waals surface area contributed by atoms with E-state index in [1.54, 1.807) is 6.92 Å². The first-order valence-electron chi connectivity index (χ1n) is 4.43. The summed E-state index contributed by atoms with van der Waals surface area (Å²) in [5.74, 6) is -1.04. The molecule has 0 aromatic heterocycles. The van der Waals surface area contributed by atoms with Gasteiger partial charge in [0.15, 0.2) is 0 Å². The van der Waals surface area contributed by atoms with Crippen molar-refractivity contribution < 1.29 is 13.9 Å². The Hall–Kier alpha value is -1.29. The number of nitrogen functional groups attached to an aromatic ring is 1. The average Bonchev–Trinajstić information content (AvgIpc) is 2.14. The number of rotatable bonds is 3. The van der Waals surface area contributed by atoms with Crippen molar-refractivity contribution in [2.75, 3.05) is 12.3 Å². The molecule has 1 aromatic carbocycles. The summed E-state index contributed by atoms with van der Waals surface area (Å²) in [6.45, 7) is 2.00. The monoisotopic (exact) mass is 231 g/mol. The van der Waals surface area contributed by atoms with Crippen molar-refractivity contribution in [1.82, 2.24) is 0 Å². The number of anilines is 1. The topological polar surface area (TPSA) is 52.3 Å². The number of hydrogen-bond donors (Lipinski definition) is 1. The molecule has 2 N–H and O–H groups in total. The second-order valence-corrected chi connectivity index (χ2v) is 3.36. The van der Waals surface area contributed by atoms with Gasteiger partial charge in [0.05, 0.1) is 23.7 Å². The van der Waals surface area contributed by atoms with Crippen LogP contribution >= 0.6 is 11.6 Å². The molecule has 0 saturated heterocycles. The van der Waals surface area contributed by atoms with Crippen LogP contribution < -0.4 is 5.73 Å². The van der Waals surface area contributed by atoms with Gasteiger partial charge in [-0.25, -0.2) is 4.39 Å². The van der Waals surface area contributed by atoms with E-state index in [9.17, 15) is 9.18 Å². The first-order chi connectivity index (χ1) is 7.04. The summed E-state index contributed by atoms with van der Waals surface area (Å²) >= 11 is 5.66. The SMILES string of the molecule is CCOC(=O)Cc1cc(F)c(N)c(Cl)c1. The second kappa shape index (κ2) is 4.98. The Kier molecular flexibility index (Phi) is 3.91. The van der Waals surface area contributed by atoms with Gasteiger partial charge >= 0.3 is 5.97 Å². The van der Waals surface area contributed by atoms with Gasteiger partial charge in [0.1, 0.15) is 5.82 Å². The largest absolute Gasteiger partial charge is 0.466 e. The van der Waals surface area contributed by atoms with E-state index in [0.29, 0.717) is 12.2 Å². The van der Waals surface area contributed by atoms with Crippen molar-refractivity contribution in [2.45, 2.75) is 13.3 Å². The lowest BCUT2D eigenvalue weighted by molar-refractivity contribution is -0.142. The Morgan fingerprint density at radius 2 is 2.27 bits per heavy atom. The lowest BCUT2D eigenvalue weighted by atomic mass is 10.1. The van der Waals surface area contributed by atoms with E-state index in [1.165, 1.54) is 12.1 Å². The van der Waals surface area contributed by atoms with Crippen molar-refractivity contribution in [3.63, 3.8) is 0 Å². The van der Waals surface area contributed by atoms with Crippen LogP contribution in [0.15, 0.2) is 12.1 Å². The number of nitrogens with two attached hydrogens (primary N) is 1. The van der Waals surface area contributed by atoms with Crippen molar-refractivity contribution in [1.29, 1.82) is 0 Å². The van der Waals surface area contributed by atoms with Gasteiger partial charge in [-0.05, 0) is 24.6 Å². The first-order valence-corrected chi connectivity index (χ1v) is 4.81. The number of halogens is 2. The minimum Gasteiger partial charge on any atom is -0.466 e. The number of ether oxygens (including phenoxy) is 1. The molecule has 15 heavy (non-hydrogen) atoms. The summed E-state index contributed by atoms with van der Waals surface area (Å²) in [5.41, 5.74) is 5.66. The molecule has 1 rings (SSSR count). The quantitative estimate of drug-likeness (QED) is 0.641. The number of carbonyl (C=O) groups excluding carboxylic acids is 1. The van der Waals surface area contributed by atoms with Gasteiger partial charge in [-0.2, -0.15) is 0 Å². The molecule has 3 nitrogen and oxygen atoms in total. The molecule has 0 fully saturated rings. The van der Waals surface area contributed by atoms with E-state index in [2.05, 4.69) is 0 Å². The predicted molar refractivity (Wildman–Crippen MR) is 56.2 cm³/mol. The Morgan fingerprint density at radius 3 is 2.80 bits per heavy atom. The minimum absolute atomic E-state index is 0.00917. The Labute approximate surface area is 92.0 Å². The summed E-state index contributed by atoms with van der Waals surface area (Å²) < 4.78 is 17.8. The van der Waals surface area contributed by atoms with Gasteiger partial charge in [-0.15, -0.1) is 0 Å². The molecule has 0 aliphatic heterocycles. The molecule has 0 heterocycles. The standard InChI is InChI=1S/C10H11ClFNO2/c1-2-15-9(14)5-6-3-7(11)10(13)8(12)4-6/h3-4H,2,5,13H2,1H3. The van der Waals surface area contributed by atoms with E-state index < -0.39 is 11.8 Å². The highest BCUT2D eigenvalue weighted by Gasteiger charge is 2.09. The third-order valence-corrected chi connectivity index (χ3v) is 2.11. The molecule has 0 atom stereocenters. The van der Waals surface area contributed by atoms with Crippen molar-refractivity contribution in [3.05, 3.63) is 28.5 Å². The molecular formula is C10H11ClFNO2. The highest BCUT2D eigenvalue weighted by molar-refractivity contribution is 6.33. The van der Waals surface area contributed by atoms with Crippen LogP contribution in [-0.4, -0.2) is 12.6 Å². The second-order valence-electron chi connectivity index (χ2n) is 2.95. The average molecular weight is 232 g/mol. The number of benzene rings is 1. The van der Waals surface area contributed by atoms with Gasteiger partial charge < -0.3 is 10.5 Å². The normalized spacial score (nSPS) is 10.1. The predicted octanol–water partition coefficient (Wildman–Crippen LogP) is 2.17. The van der Waals surface area contributed by atoms with Crippen LogP contribution in [-0.2, 0) is 16.0 Å². The zero-order chi connectivity index (χ0) is 11.4. The number of carbonyl (C=O) groups is 1. The molecule has 0 saturated carbocycles. The zero-order valence-corrected chi connectivity index (χ0v) is 8.97. The fourth-order valence-electron chi connectivity index (χ4n) is 1.12. The summed E-state index contributed by atoms with van der Waals surface area (Å²) in [6.07, 6.45) is -0.00917. The number of hydrogen-bond acceptors (Lipinski definition) is 3. The molecule has 5 heteroatoms. The Bertz CT molecular complexity index is 359. The number of esters is 1. The fourth-order valence-corrected chi connectivity index (χ4v) is 1.35. The van der Waals surface area contributed by atoms with Crippen LogP contribution in [0.2, 0.25) is 5.02 Å². The Morgan fingerprint density at radius 1 is 1.60 bits per heavy atom. The molecule has 0 unspecified atom stereocenters. The van der Waals surface area contributed by atoms with E-state index in [4.69, 9.17) is 22.1 Å². The maximum Gasteiger partial charge on any atom is 0.310 e. The van der Waals surface area contributed by atoms with E-state index >= 15 is 0 Å².